The molecule has 8 rings (SSSR count). The first-order valence-corrected chi connectivity index (χ1v) is 37.3. The van der Waals surface area contributed by atoms with Gasteiger partial charge in [-0.15, -0.1) is 11.8 Å². The number of carbonyl (C=O) groups excluding carboxylic acids is 3. The normalized spacial score (nSPS) is 15.5. The van der Waals surface area contributed by atoms with Gasteiger partial charge in [0.2, 0.25) is 0 Å². The standard InChI is InChI=1S/C66H80ClF3N6O10S3Si/c1-8-85-64(80)48-32-38-76(39-33-48)54-25-21-51(22-26-54)72-62(78)49-18-28-57(45-14-19-50(67)20-15-45)58(42-49)61(77)46-30-36-75(37-31-46)53-23-16-47(17-24-53)63(79)73-89(83,84)56-27-29-59(60(43-56)88(81,82)66(68,69)70)71-52(44-87-55-12-10-9-11-13-55)34-35-74(5)40-41-86-90(6,7)65(2,3)4/h9-29,42-43,46,48,52,61,71,77H,8,30-41,44H2,1-7H3,(H,72,78)(H,73,79)/t52?,61-/m1/s1. The van der Waals surface area contributed by atoms with Gasteiger partial charge in [0, 0.05) is 89.2 Å². The maximum absolute atomic E-state index is 14.4. The Morgan fingerprint density at radius 1 is 0.767 bits per heavy atom. The first-order valence-electron chi connectivity index (χ1n) is 30.1. The average molecular weight is 1330 g/mol. The molecule has 16 nitrogen and oxygen atoms in total. The number of hydrogen-bond acceptors (Lipinski definition) is 15. The molecule has 0 bridgehead atoms. The molecule has 0 saturated carbocycles. The molecule has 0 aromatic heterocycles. The van der Waals surface area contributed by atoms with Crippen LogP contribution in [0.3, 0.4) is 0 Å². The van der Waals surface area contributed by atoms with Gasteiger partial charge >= 0.3 is 11.5 Å². The molecular weight excluding hydrogens is 1250 g/mol. The quantitative estimate of drug-likeness (QED) is 0.0239. The molecule has 2 aliphatic heterocycles. The van der Waals surface area contributed by atoms with Crippen molar-refractivity contribution >= 4 is 92.1 Å². The number of sulfone groups is 1. The van der Waals surface area contributed by atoms with Gasteiger partial charge in [0.15, 0.2) is 8.32 Å². The largest absolute Gasteiger partial charge is 0.501 e. The molecule has 6 aromatic carbocycles. The van der Waals surface area contributed by atoms with Crippen molar-refractivity contribution < 1.29 is 58.7 Å². The smallest absolute Gasteiger partial charge is 0.466 e. The van der Waals surface area contributed by atoms with Crippen molar-refractivity contribution in [3.63, 3.8) is 0 Å². The summed E-state index contributed by atoms with van der Waals surface area (Å²) in [7, 11) is -11.2. The number of esters is 1. The number of aliphatic hydroxyl groups excluding tert-OH is 1. The lowest BCUT2D eigenvalue weighted by molar-refractivity contribution is -0.148. The predicted molar refractivity (Wildman–Crippen MR) is 353 cm³/mol. The van der Waals surface area contributed by atoms with Crippen LogP contribution in [0, 0.1) is 11.8 Å². The van der Waals surface area contributed by atoms with Crippen LogP contribution in [-0.2, 0) is 33.8 Å². The summed E-state index contributed by atoms with van der Waals surface area (Å²) in [5, 5.41) is 18.7. The van der Waals surface area contributed by atoms with E-state index in [0.717, 1.165) is 33.8 Å². The van der Waals surface area contributed by atoms with Gasteiger partial charge in [-0.05, 0) is 196 Å². The average Bonchev–Trinajstić information content (AvgIpc) is 0.821. The molecule has 1 unspecified atom stereocenters. The number of ether oxygens (including phenoxy) is 1. The summed E-state index contributed by atoms with van der Waals surface area (Å²) in [4.78, 5) is 44.7. The fraction of sp³-hybridized carbons (Fsp3) is 0.409. The number of amides is 2. The number of likely N-dealkylation sites (N-methyl/N-ethyl adjacent to an activating group) is 1. The Bertz CT molecular complexity index is 3660. The Balaban J connectivity index is 0.912. The summed E-state index contributed by atoms with van der Waals surface area (Å²) < 4.78 is 111. The highest BCUT2D eigenvalue weighted by Crippen LogP contribution is 2.41. The van der Waals surface area contributed by atoms with E-state index in [0.29, 0.717) is 124 Å². The van der Waals surface area contributed by atoms with E-state index in [1.165, 1.54) is 23.9 Å². The third-order valence-corrected chi connectivity index (χ3v) is 25.9. The van der Waals surface area contributed by atoms with Crippen molar-refractivity contribution in [1.82, 2.24) is 9.62 Å². The lowest BCUT2D eigenvalue weighted by Crippen LogP contribution is -2.42. The molecular formula is C66H80ClF3N6O10S3Si. The van der Waals surface area contributed by atoms with E-state index >= 15 is 0 Å². The Hall–Kier alpha value is -6.44. The molecule has 4 N–H and O–H groups in total. The third-order valence-electron chi connectivity index (χ3n) is 17.1. The second-order valence-corrected chi connectivity index (χ2v) is 34.3. The Morgan fingerprint density at radius 3 is 1.97 bits per heavy atom. The Kier molecular flexibility index (Phi) is 23.1. The number of sulfonamides is 1. The van der Waals surface area contributed by atoms with Crippen LogP contribution in [0.4, 0.5) is 35.9 Å². The minimum Gasteiger partial charge on any atom is -0.466 e. The van der Waals surface area contributed by atoms with Crippen molar-refractivity contribution in [2.45, 2.75) is 110 Å². The summed E-state index contributed by atoms with van der Waals surface area (Å²) in [5.41, 5.74) is -1.64. The number of carbonyl (C=O) groups is 3. The van der Waals surface area contributed by atoms with Gasteiger partial charge in [0.1, 0.15) is 4.90 Å². The monoisotopic (exact) mass is 1330 g/mol. The summed E-state index contributed by atoms with van der Waals surface area (Å²) >= 11 is 7.68. The zero-order valence-electron chi connectivity index (χ0n) is 51.7. The first kappa shape index (κ1) is 69.4. The highest BCUT2D eigenvalue weighted by molar-refractivity contribution is 7.99. The van der Waals surface area contributed by atoms with Gasteiger partial charge in [0.25, 0.3) is 31.7 Å². The third kappa shape index (κ3) is 17.8. The number of nitrogens with zero attached hydrogens (tertiary/aromatic N) is 3. The molecule has 2 aliphatic rings. The zero-order chi connectivity index (χ0) is 65.2. The minimum atomic E-state index is -6.14. The molecule has 0 aliphatic carbocycles. The lowest BCUT2D eigenvalue weighted by Gasteiger charge is -2.36. The van der Waals surface area contributed by atoms with Crippen LogP contribution in [0.5, 0.6) is 0 Å². The van der Waals surface area contributed by atoms with Crippen molar-refractivity contribution in [2.24, 2.45) is 11.8 Å². The molecule has 90 heavy (non-hydrogen) atoms. The number of halogens is 4. The molecule has 6 aromatic rings. The van der Waals surface area contributed by atoms with E-state index in [1.807, 2.05) is 89.5 Å². The summed E-state index contributed by atoms with van der Waals surface area (Å²) in [6, 6.07) is 37.1. The number of thioether (sulfide) groups is 1. The molecule has 2 heterocycles. The van der Waals surface area contributed by atoms with E-state index < -0.39 is 67.2 Å². The van der Waals surface area contributed by atoms with Crippen molar-refractivity contribution in [2.75, 3.05) is 85.7 Å². The highest BCUT2D eigenvalue weighted by Gasteiger charge is 2.49. The molecule has 484 valence electrons. The molecule has 24 heteroatoms. The molecule has 2 saturated heterocycles. The van der Waals surface area contributed by atoms with Crippen LogP contribution in [-0.4, -0.2) is 130 Å². The first-order chi connectivity index (χ1) is 42.5. The second-order valence-electron chi connectivity index (χ2n) is 24.3. The number of anilines is 4. The Morgan fingerprint density at radius 2 is 1.37 bits per heavy atom. The van der Waals surface area contributed by atoms with Gasteiger partial charge in [-0.1, -0.05) is 68.8 Å². The van der Waals surface area contributed by atoms with Crippen molar-refractivity contribution in [3.05, 3.63) is 161 Å². The molecule has 0 spiro atoms. The fourth-order valence-electron chi connectivity index (χ4n) is 10.7. The molecule has 0 radical (unpaired) electrons. The maximum Gasteiger partial charge on any atom is 0.501 e. The van der Waals surface area contributed by atoms with Gasteiger partial charge in [-0.2, -0.15) is 13.2 Å². The number of benzene rings is 6. The second kappa shape index (κ2) is 29.9. The van der Waals surface area contributed by atoms with E-state index in [4.69, 9.17) is 20.8 Å². The van der Waals surface area contributed by atoms with Crippen LogP contribution < -0.4 is 25.2 Å². The SMILES string of the molecule is CCOC(=O)C1CCN(c2ccc(NC(=O)c3ccc(-c4ccc(Cl)cc4)c([C@H](O)C4CCN(c5ccc(C(=O)NS(=O)(=O)c6ccc(NC(CCN(C)CCO[Si](C)(C)C(C)(C)C)CSc7ccccc7)c(S(=O)(=O)C(F)(F)F)c6)cc5)CC4)c3)cc2)CC1. The number of rotatable bonds is 25. The van der Waals surface area contributed by atoms with Gasteiger partial charge < -0.3 is 39.6 Å². The molecule has 2 atom stereocenters. The van der Waals surface area contributed by atoms with E-state index in [1.54, 1.807) is 43.3 Å². The summed E-state index contributed by atoms with van der Waals surface area (Å²) in [6.45, 7) is 16.8. The number of hydrogen-bond donors (Lipinski definition) is 4. The van der Waals surface area contributed by atoms with E-state index in [9.17, 15) is 49.5 Å². The number of alkyl halides is 3. The topological polar surface area (TPSA) is 204 Å². The Labute approximate surface area is 537 Å². The number of piperidine rings is 2. The minimum absolute atomic E-state index is 0.00919. The highest BCUT2D eigenvalue weighted by atomic mass is 35.5. The van der Waals surface area contributed by atoms with Crippen LogP contribution in [0.15, 0.2) is 154 Å². The van der Waals surface area contributed by atoms with Crippen LogP contribution in [0.1, 0.15) is 92.2 Å². The van der Waals surface area contributed by atoms with Gasteiger partial charge in [0.05, 0.1) is 29.2 Å². The van der Waals surface area contributed by atoms with Crippen LogP contribution in [0.2, 0.25) is 23.2 Å². The fourth-order valence-corrected chi connectivity index (χ4v) is 14.8. The molecule has 2 amide bonds. The lowest BCUT2D eigenvalue weighted by atomic mass is 9.83. The van der Waals surface area contributed by atoms with Gasteiger partial charge in [-0.25, -0.2) is 21.6 Å². The predicted octanol–water partition coefficient (Wildman–Crippen LogP) is 13.3. The maximum atomic E-state index is 14.4. The van der Waals surface area contributed by atoms with Crippen LogP contribution in [0.25, 0.3) is 11.1 Å². The summed E-state index contributed by atoms with van der Waals surface area (Å²) in [5.74, 6) is -1.66. The summed E-state index contributed by atoms with van der Waals surface area (Å²) in [6.07, 6.45) is 1.84. The van der Waals surface area contributed by atoms with Gasteiger partial charge in [-0.3, -0.25) is 14.4 Å². The number of nitrogens with one attached hydrogen (secondary N) is 3. The molecule has 2 fully saturated rings. The number of aliphatic hydroxyl groups is 1. The van der Waals surface area contributed by atoms with Crippen LogP contribution >= 0.6 is 23.4 Å². The van der Waals surface area contributed by atoms with E-state index in [-0.39, 0.29) is 34.3 Å². The van der Waals surface area contributed by atoms with Crippen molar-refractivity contribution in [1.29, 1.82) is 0 Å². The zero-order valence-corrected chi connectivity index (χ0v) is 55.9. The van der Waals surface area contributed by atoms with E-state index in [2.05, 4.69) is 54.3 Å². The van der Waals surface area contributed by atoms with Crippen molar-refractivity contribution in [3.8, 4) is 11.1 Å².